The molecular weight excluding hydrogens is 661 g/mol. The molecule has 0 radical (unpaired) electrons. The topological polar surface area (TPSA) is 112 Å². The zero-order valence-electron chi connectivity index (χ0n) is 27.4. The minimum Gasteiger partial charge on any atom is -0.497 e. The van der Waals surface area contributed by atoms with Crippen LogP contribution in [0.4, 0.5) is 0 Å². The Bertz CT molecular complexity index is 1800. The summed E-state index contributed by atoms with van der Waals surface area (Å²) in [5.41, 5.74) is 2.12. The number of ether oxygens (including phenoxy) is 2. The minimum atomic E-state index is -1.00. The van der Waals surface area contributed by atoms with E-state index in [9.17, 15) is 15.0 Å². The normalized spacial score (nSPS) is 13.8. The molecule has 0 spiro atoms. The predicted octanol–water partition coefficient (Wildman–Crippen LogP) is 9.00. The van der Waals surface area contributed by atoms with Crippen molar-refractivity contribution in [2.24, 2.45) is 0 Å². The highest BCUT2D eigenvalue weighted by atomic mass is 35.5. The van der Waals surface area contributed by atoms with Crippen molar-refractivity contribution in [2.45, 2.75) is 50.5 Å². The molecule has 0 saturated heterocycles. The number of amides is 1. The van der Waals surface area contributed by atoms with Crippen LogP contribution in [0.5, 0.6) is 17.2 Å². The Labute approximate surface area is 296 Å². The third-order valence-electron chi connectivity index (χ3n) is 8.62. The van der Waals surface area contributed by atoms with Gasteiger partial charge >= 0.3 is 5.97 Å². The van der Waals surface area contributed by atoms with E-state index in [1.54, 1.807) is 31.4 Å². The number of nitrogens with one attached hydrogen (secondary N) is 2. The molecule has 10 heteroatoms. The van der Waals surface area contributed by atoms with Crippen molar-refractivity contribution < 1.29 is 24.2 Å². The summed E-state index contributed by atoms with van der Waals surface area (Å²) in [4.78, 5) is 27.1. The van der Waals surface area contributed by atoms with Crippen LogP contribution in [0.15, 0.2) is 97.2 Å². The molecule has 4 aromatic rings. The zero-order chi connectivity index (χ0) is 35.0. The minimum absolute atomic E-state index is 0.114. The Morgan fingerprint density at radius 1 is 0.959 bits per heavy atom. The molecule has 1 saturated carbocycles. The number of methoxy groups -OCH3 is 1. The lowest BCUT2D eigenvalue weighted by Crippen LogP contribution is -2.50. The molecule has 1 aliphatic rings. The van der Waals surface area contributed by atoms with Crippen molar-refractivity contribution in [3.63, 3.8) is 0 Å². The van der Waals surface area contributed by atoms with Crippen LogP contribution < -0.4 is 14.8 Å². The second-order valence-electron chi connectivity index (χ2n) is 12.0. The van der Waals surface area contributed by atoms with E-state index in [0.717, 1.165) is 48.1 Å². The number of rotatable bonds is 15. The quantitative estimate of drug-likeness (QED) is 0.0843. The van der Waals surface area contributed by atoms with Gasteiger partial charge in [0.1, 0.15) is 23.1 Å². The first-order valence-electron chi connectivity index (χ1n) is 16.2. The Kier molecular flexibility index (Phi) is 11.6. The first kappa shape index (κ1) is 35.5. The van der Waals surface area contributed by atoms with Gasteiger partial charge in [-0.3, -0.25) is 10.2 Å². The smallest absolute Gasteiger partial charge is 0.335 e. The lowest BCUT2D eigenvalue weighted by atomic mass is 9.93. The van der Waals surface area contributed by atoms with Crippen LogP contribution in [0, 0.1) is 5.41 Å². The van der Waals surface area contributed by atoms with Crippen LogP contribution in [-0.2, 0) is 16.6 Å². The van der Waals surface area contributed by atoms with Gasteiger partial charge in [0, 0.05) is 22.8 Å². The Morgan fingerprint density at radius 3 is 2.16 bits per heavy atom. The molecule has 1 aliphatic carbocycles. The van der Waals surface area contributed by atoms with Gasteiger partial charge in [0.25, 0.3) is 0 Å². The maximum atomic E-state index is 14.0. The molecular formula is C39H39Cl2N3O5. The van der Waals surface area contributed by atoms with E-state index in [2.05, 4.69) is 12.2 Å². The van der Waals surface area contributed by atoms with E-state index in [4.69, 9.17) is 37.8 Å². The van der Waals surface area contributed by atoms with Crippen LogP contribution in [0.25, 0.3) is 6.08 Å². The molecule has 4 aromatic carbocycles. The van der Waals surface area contributed by atoms with Gasteiger partial charge in [-0.15, -0.1) is 0 Å². The van der Waals surface area contributed by atoms with E-state index in [1.165, 1.54) is 12.1 Å². The molecule has 254 valence electrons. The van der Waals surface area contributed by atoms with Gasteiger partial charge in [-0.2, -0.15) is 0 Å². The van der Waals surface area contributed by atoms with Crippen molar-refractivity contribution in [1.82, 2.24) is 10.2 Å². The Morgan fingerprint density at radius 2 is 1.59 bits per heavy atom. The fourth-order valence-corrected chi connectivity index (χ4v) is 6.01. The Hall–Kier alpha value is -4.79. The third kappa shape index (κ3) is 9.02. The average Bonchev–Trinajstić information content (AvgIpc) is 3.92. The van der Waals surface area contributed by atoms with Gasteiger partial charge in [-0.25, -0.2) is 4.79 Å². The second-order valence-corrected chi connectivity index (χ2v) is 12.9. The van der Waals surface area contributed by atoms with E-state index < -0.39 is 17.4 Å². The summed E-state index contributed by atoms with van der Waals surface area (Å²) in [7, 11) is 1.61. The number of carbonyl (C=O) groups excluding carboxylic acids is 1. The standard InChI is InChI=1S/C39H39Cl2N3O5/c1-3-4-22-44(23-19-27-7-12-30(40)25-34(27)41)36(42)35(43-38(47)39(20-21-39)29-10-17-31(48-2)18-11-29)24-26-5-13-32(14-6-26)49-33-15-8-28(9-16-33)37(45)46/h5-19,23,25,35,42H,3-4,20-22,24H2,1-2H3,(H,43,47)(H,45,46)/b23-19+,42-36?. The van der Waals surface area contributed by atoms with Gasteiger partial charge in [-0.1, -0.05) is 66.9 Å². The van der Waals surface area contributed by atoms with Gasteiger partial charge < -0.3 is 24.8 Å². The number of carboxylic acid groups (broad SMARTS) is 1. The molecule has 0 aliphatic heterocycles. The van der Waals surface area contributed by atoms with Crippen LogP contribution in [-0.4, -0.2) is 47.4 Å². The maximum absolute atomic E-state index is 14.0. The molecule has 8 nitrogen and oxygen atoms in total. The largest absolute Gasteiger partial charge is 0.497 e. The molecule has 1 unspecified atom stereocenters. The van der Waals surface area contributed by atoms with E-state index in [0.29, 0.717) is 34.5 Å². The summed E-state index contributed by atoms with van der Waals surface area (Å²) in [6.07, 6.45) is 7.29. The average molecular weight is 701 g/mol. The van der Waals surface area contributed by atoms with Crippen LogP contribution in [0.1, 0.15) is 59.7 Å². The highest BCUT2D eigenvalue weighted by Crippen LogP contribution is 2.48. The molecule has 0 aromatic heterocycles. The SMILES string of the molecule is CCCCN(/C=C/c1ccc(Cl)cc1Cl)C(=N)C(Cc1ccc(Oc2ccc(C(=O)O)cc2)cc1)NC(=O)C1(c2ccc(OC)cc2)CC1. The summed E-state index contributed by atoms with van der Waals surface area (Å²) in [6, 6.07) is 25.9. The van der Waals surface area contributed by atoms with Crippen molar-refractivity contribution in [2.75, 3.05) is 13.7 Å². The highest BCUT2D eigenvalue weighted by Gasteiger charge is 2.51. The number of carboxylic acids is 1. The molecule has 1 fully saturated rings. The number of aromatic carboxylic acids is 1. The molecule has 5 rings (SSSR count). The first-order chi connectivity index (χ1) is 23.6. The van der Waals surface area contributed by atoms with E-state index >= 15 is 0 Å². The molecule has 0 bridgehead atoms. The third-order valence-corrected chi connectivity index (χ3v) is 9.18. The zero-order valence-corrected chi connectivity index (χ0v) is 28.9. The van der Waals surface area contributed by atoms with Crippen molar-refractivity contribution >= 4 is 47.0 Å². The summed E-state index contributed by atoms with van der Waals surface area (Å²) in [6.45, 7) is 2.68. The lowest BCUT2D eigenvalue weighted by Gasteiger charge is -2.30. The lowest BCUT2D eigenvalue weighted by molar-refractivity contribution is -0.123. The van der Waals surface area contributed by atoms with E-state index in [1.807, 2.05) is 71.8 Å². The molecule has 1 atom stereocenters. The van der Waals surface area contributed by atoms with Crippen LogP contribution in [0.3, 0.4) is 0 Å². The number of nitrogens with zero attached hydrogens (tertiary/aromatic N) is 1. The fourth-order valence-electron chi connectivity index (χ4n) is 5.54. The van der Waals surface area contributed by atoms with Gasteiger partial charge in [-0.05, 0) is 109 Å². The number of benzene rings is 4. The Balaban J connectivity index is 1.39. The predicted molar refractivity (Wildman–Crippen MR) is 194 cm³/mol. The monoisotopic (exact) mass is 699 g/mol. The summed E-state index contributed by atoms with van der Waals surface area (Å²) in [5, 5.41) is 22.9. The maximum Gasteiger partial charge on any atom is 0.335 e. The van der Waals surface area contributed by atoms with Crippen molar-refractivity contribution in [3.8, 4) is 17.2 Å². The number of amidine groups is 1. The van der Waals surface area contributed by atoms with Gasteiger partial charge in [0.05, 0.1) is 24.1 Å². The van der Waals surface area contributed by atoms with Crippen molar-refractivity contribution in [3.05, 3.63) is 129 Å². The number of hydrogen-bond donors (Lipinski definition) is 3. The summed E-state index contributed by atoms with van der Waals surface area (Å²) < 4.78 is 11.2. The van der Waals surface area contributed by atoms with Crippen LogP contribution >= 0.6 is 23.2 Å². The second kappa shape index (κ2) is 16.1. The number of halogens is 2. The van der Waals surface area contributed by atoms with Gasteiger partial charge in [0.2, 0.25) is 5.91 Å². The summed E-state index contributed by atoms with van der Waals surface area (Å²) in [5.74, 6) is 0.953. The van der Waals surface area contributed by atoms with Crippen LogP contribution in [0.2, 0.25) is 10.0 Å². The fraction of sp³-hybridized carbons (Fsp3) is 0.256. The molecule has 1 amide bonds. The van der Waals surface area contributed by atoms with Crippen molar-refractivity contribution in [1.29, 1.82) is 5.41 Å². The number of carbonyl (C=O) groups is 2. The number of unbranched alkanes of at least 4 members (excludes halogenated alkanes) is 1. The number of hydrogen-bond acceptors (Lipinski definition) is 5. The molecule has 49 heavy (non-hydrogen) atoms. The van der Waals surface area contributed by atoms with E-state index in [-0.39, 0.29) is 17.3 Å². The molecule has 3 N–H and O–H groups in total. The molecule has 0 heterocycles. The first-order valence-corrected chi connectivity index (χ1v) is 16.9. The highest BCUT2D eigenvalue weighted by molar-refractivity contribution is 6.35. The van der Waals surface area contributed by atoms with Gasteiger partial charge in [0.15, 0.2) is 0 Å². The summed E-state index contributed by atoms with van der Waals surface area (Å²) >= 11 is 12.6.